The highest BCUT2D eigenvalue weighted by Gasteiger charge is 2.14. The van der Waals surface area contributed by atoms with Crippen LogP contribution in [0.3, 0.4) is 0 Å². The van der Waals surface area contributed by atoms with E-state index in [0.29, 0.717) is 11.5 Å². The maximum absolute atomic E-state index is 11.5. The minimum Gasteiger partial charge on any atom is -0.290 e. The maximum Gasteiger partial charge on any atom is 0.229 e. The van der Waals surface area contributed by atoms with E-state index < -0.39 is 11.6 Å². The summed E-state index contributed by atoms with van der Waals surface area (Å²) in [5.74, 6) is -0.407. The second-order valence-corrected chi connectivity index (χ2v) is 4.22. The Hall–Kier alpha value is -0.960. The zero-order valence-electron chi connectivity index (χ0n) is 8.79. The lowest BCUT2D eigenvalue weighted by molar-refractivity contribution is -0.112. The Kier molecular flexibility index (Phi) is 4.21. The summed E-state index contributed by atoms with van der Waals surface area (Å²) in [7, 11) is 0. The number of benzene rings is 1. The van der Waals surface area contributed by atoms with Gasteiger partial charge < -0.3 is 0 Å². The molecule has 0 aliphatic carbocycles. The molecular weight excluding hydrogens is 256 g/mol. The number of hydrogen-bond acceptors (Lipinski definition) is 2. The zero-order valence-corrected chi connectivity index (χ0v) is 10.4. The molecule has 0 aliphatic heterocycles. The Bertz CT molecular complexity index is 366. The van der Waals surface area contributed by atoms with E-state index in [2.05, 4.69) is 29.8 Å². The van der Waals surface area contributed by atoms with Crippen molar-refractivity contribution >= 4 is 27.5 Å². The van der Waals surface area contributed by atoms with Gasteiger partial charge in [-0.05, 0) is 11.5 Å². The minimum atomic E-state index is -0.429. The molecule has 0 aromatic heterocycles. The van der Waals surface area contributed by atoms with Crippen molar-refractivity contribution in [1.82, 2.24) is 0 Å². The average Bonchev–Trinajstić information content (AvgIpc) is 2.27. The van der Waals surface area contributed by atoms with E-state index in [-0.39, 0.29) is 5.33 Å². The van der Waals surface area contributed by atoms with Crippen molar-refractivity contribution in [3.63, 3.8) is 0 Å². The maximum atomic E-state index is 11.5. The van der Waals surface area contributed by atoms with Crippen molar-refractivity contribution < 1.29 is 9.59 Å². The van der Waals surface area contributed by atoms with Crippen LogP contribution < -0.4 is 0 Å². The molecule has 1 aromatic carbocycles. The molecule has 0 amide bonds. The molecule has 0 radical (unpaired) electrons. The molecule has 0 saturated heterocycles. The summed E-state index contributed by atoms with van der Waals surface area (Å²) in [6.07, 6.45) is 0. The van der Waals surface area contributed by atoms with Crippen LogP contribution in [0.1, 0.15) is 35.7 Å². The molecule has 0 unspecified atom stereocenters. The van der Waals surface area contributed by atoms with E-state index in [4.69, 9.17) is 0 Å². The number of ketones is 2. The zero-order chi connectivity index (χ0) is 11.4. The van der Waals surface area contributed by atoms with E-state index in [0.717, 1.165) is 5.56 Å². The van der Waals surface area contributed by atoms with E-state index in [1.165, 1.54) is 0 Å². The van der Waals surface area contributed by atoms with Crippen molar-refractivity contribution in [2.45, 2.75) is 19.8 Å². The number of carbonyl (C=O) groups excluding carboxylic acids is 2. The summed E-state index contributed by atoms with van der Waals surface area (Å²) in [6.45, 7) is 4.17. The van der Waals surface area contributed by atoms with Crippen molar-refractivity contribution in [2.24, 2.45) is 0 Å². The molecule has 1 rings (SSSR count). The summed E-state index contributed by atoms with van der Waals surface area (Å²) >= 11 is 2.98. The first-order valence-corrected chi connectivity index (χ1v) is 5.92. The lowest BCUT2D eigenvalue weighted by Gasteiger charge is -2.05. The molecule has 0 heterocycles. The molecule has 3 heteroatoms. The van der Waals surface area contributed by atoms with Gasteiger partial charge in [0.15, 0.2) is 0 Å². The number of carbonyl (C=O) groups is 2. The first kappa shape index (κ1) is 12.1. The van der Waals surface area contributed by atoms with Gasteiger partial charge in [-0.2, -0.15) is 0 Å². The fraction of sp³-hybridized carbons (Fsp3) is 0.333. The first-order chi connectivity index (χ1) is 7.06. The second-order valence-electron chi connectivity index (χ2n) is 3.66. The van der Waals surface area contributed by atoms with Crippen LogP contribution in [0, 0.1) is 0 Å². The minimum absolute atomic E-state index is 0.0811. The van der Waals surface area contributed by atoms with Crippen molar-refractivity contribution in [2.75, 3.05) is 5.33 Å². The van der Waals surface area contributed by atoms with Crippen LogP contribution >= 0.6 is 15.9 Å². The van der Waals surface area contributed by atoms with Gasteiger partial charge in [-0.1, -0.05) is 54.0 Å². The van der Waals surface area contributed by atoms with Crippen LogP contribution in [-0.4, -0.2) is 16.9 Å². The Morgan fingerprint density at radius 2 is 1.73 bits per heavy atom. The number of halogens is 1. The fourth-order valence-corrected chi connectivity index (χ4v) is 1.50. The predicted molar refractivity (Wildman–Crippen MR) is 63.7 cm³/mol. The Balaban J connectivity index is 2.89. The average molecular weight is 269 g/mol. The van der Waals surface area contributed by atoms with Crippen LogP contribution in [0.2, 0.25) is 0 Å². The van der Waals surface area contributed by atoms with Crippen LogP contribution in [0.15, 0.2) is 24.3 Å². The SMILES string of the molecule is CC(C)c1ccc(C(=O)C(=O)CBr)cc1. The molecule has 2 nitrogen and oxygen atoms in total. The predicted octanol–water partition coefficient (Wildman–Crippen LogP) is 2.96. The van der Waals surface area contributed by atoms with Gasteiger partial charge in [-0.25, -0.2) is 0 Å². The van der Waals surface area contributed by atoms with Gasteiger partial charge in [-0.3, -0.25) is 9.59 Å². The third kappa shape index (κ3) is 2.99. The van der Waals surface area contributed by atoms with Gasteiger partial charge in [0.05, 0.1) is 5.33 Å². The second kappa shape index (κ2) is 5.21. The molecule has 0 saturated carbocycles. The molecule has 80 valence electrons. The van der Waals surface area contributed by atoms with E-state index >= 15 is 0 Å². The molecule has 0 N–H and O–H groups in total. The van der Waals surface area contributed by atoms with Crippen molar-refractivity contribution in [3.05, 3.63) is 35.4 Å². The van der Waals surface area contributed by atoms with E-state index in [1.54, 1.807) is 12.1 Å². The third-order valence-electron chi connectivity index (χ3n) is 2.21. The van der Waals surface area contributed by atoms with E-state index in [9.17, 15) is 9.59 Å². The highest BCUT2D eigenvalue weighted by Crippen LogP contribution is 2.15. The lowest BCUT2D eigenvalue weighted by Crippen LogP contribution is -2.14. The van der Waals surface area contributed by atoms with Crippen molar-refractivity contribution in [3.8, 4) is 0 Å². The standard InChI is InChI=1S/C12H13BrO2/c1-8(2)9-3-5-10(6-4-9)12(15)11(14)7-13/h3-6,8H,7H2,1-2H3. The molecule has 15 heavy (non-hydrogen) atoms. The number of rotatable bonds is 4. The smallest absolute Gasteiger partial charge is 0.229 e. The lowest BCUT2D eigenvalue weighted by atomic mass is 10.00. The third-order valence-corrected chi connectivity index (χ3v) is 2.72. The summed E-state index contributed by atoms with van der Waals surface area (Å²) in [6, 6.07) is 7.19. The highest BCUT2D eigenvalue weighted by atomic mass is 79.9. The van der Waals surface area contributed by atoms with Crippen LogP contribution in [0.4, 0.5) is 0 Å². The van der Waals surface area contributed by atoms with Gasteiger partial charge in [-0.15, -0.1) is 0 Å². The van der Waals surface area contributed by atoms with Crippen LogP contribution in [0.25, 0.3) is 0 Å². The van der Waals surface area contributed by atoms with Gasteiger partial charge in [0.2, 0.25) is 11.6 Å². The summed E-state index contributed by atoms with van der Waals surface area (Å²) < 4.78 is 0. The largest absolute Gasteiger partial charge is 0.290 e. The van der Waals surface area contributed by atoms with Crippen LogP contribution in [0.5, 0.6) is 0 Å². The molecule has 0 fully saturated rings. The van der Waals surface area contributed by atoms with Crippen molar-refractivity contribution in [1.29, 1.82) is 0 Å². The monoisotopic (exact) mass is 268 g/mol. The van der Waals surface area contributed by atoms with Crippen LogP contribution in [-0.2, 0) is 4.79 Å². The highest BCUT2D eigenvalue weighted by molar-refractivity contribution is 9.09. The molecule has 0 spiro atoms. The molecule has 0 aliphatic rings. The molecular formula is C12H13BrO2. The quantitative estimate of drug-likeness (QED) is 0.478. The Morgan fingerprint density at radius 1 is 1.20 bits per heavy atom. The summed E-state index contributed by atoms with van der Waals surface area (Å²) in [5, 5.41) is 0.0811. The van der Waals surface area contributed by atoms with Gasteiger partial charge >= 0.3 is 0 Å². The Morgan fingerprint density at radius 3 is 2.13 bits per heavy atom. The number of alkyl halides is 1. The summed E-state index contributed by atoms with van der Waals surface area (Å²) in [5.41, 5.74) is 1.63. The first-order valence-electron chi connectivity index (χ1n) is 4.79. The van der Waals surface area contributed by atoms with Gasteiger partial charge in [0, 0.05) is 5.56 Å². The normalized spacial score (nSPS) is 10.4. The summed E-state index contributed by atoms with van der Waals surface area (Å²) in [4.78, 5) is 22.6. The topological polar surface area (TPSA) is 34.1 Å². The molecule has 0 bridgehead atoms. The van der Waals surface area contributed by atoms with Gasteiger partial charge in [0.1, 0.15) is 0 Å². The van der Waals surface area contributed by atoms with Gasteiger partial charge in [0.25, 0.3) is 0 Å². The molecule has 1 aromatic rings. The molecule has 0 atom stereocenters. The number of hydrogen-bond donors (Lipinski definition) is 0. The Labute approximate surface area is 97.8 Å². The number of Topliss-reactive ketones (excluding diaryl/α,β-unsaturated/α-hetero) is 2. The van der Waals surface area contributed by atoms with E-state index in [1.807, 2.05) is 12.1 Å². The fourth-order valence-electron chi connectivity index (χ4n) is 1.24.